The Bertz CT molecular complexity index is 804. The van der Waals surface area contributed by atoms with E-state index in [0.717, 1.165) is 15.9 Å². The summed E-state index contributed by atoms with van der Waals surface area (Å²) in [6.07, 6.45) is 0.668. The van der Waals surface area contributed by atoms with Gasteiger partial charge in [-0.2, -0.15) is 0 Å². The first-order chi connectivity index (χ1) is 9.86. The standard InChI is InChI=1S/C12H16N4O4S/c1-3-6(10(18)19)4-5-16-9(17)7-8(14-11(13)21-7)15(2)12(16)20/h6H,3-5H2,1-2H3,(H2,13,14)(H,18,19). The van der Waals surface area contributed by atoms with Gasteiger partial charge in [-0.1, -0.05) is 18.3 Å². The molecular formula is C12H16N4O4S. The number of nitrogens with two attached hydrogens (primary N) is 1. The fraction of sp³-hybridized carbons (Fsp3) is 0.500. The van der Waals surface area contributed by atoms with Gasteiger partial charge in [0.15, 0.2) is 10.8 Å². The zero-order chi connectivity index (χ0) is 15.7. The van der Waals surface area contributed by atoms with Gasteiger partial charge in [-0.05, 0) is 12.8 Å². The Morgan fingerprint density at radius 3 is 2.71 bits per heavy atom. The molecule has 0 aliphatic rings. The molecule has 0 saturated carbocycles. The van der Waals surface area contributed by atoms with Crippen LogP contribution in [-0.4, -0.2) is 25.2 Å². The average Bonchev–Trinajstić information content (AvgIpc) is 2.82. The summed E-state index contributed by atoms with van der Waals surface area (Å²) in [5.74, 6) is -1.51. The van der Waals surface area contributed by atoms with Gasteiger partial charge in [0, 0.05) is 13.6 Å². The van der Waals surface area contributed by atoms with Gasteiger partial charge in [0.05, 0.1) is 5.92 Å². The van der Waals surface area contributed by atoms with E-state index in [1.807, 2.05) is 0 Å². The number of carbonyl (C=O) groups is 1. The highest BCUT2D eigenvalue weighted by Gasteiger charge is 2.18. The summed E-state index contributed by atoms with van der Waals surface area (Å²) in [5.41, 5.74) is 4.85. The normalized spacial score (nSPS) is 12.7. The number of hydrogen-bond donors (Lipinski definition) is 2. The Labute approximate surface area is 123 Å². The minimum absolute atomic E-state index is 0.0596. The van der Waals surface area contributed by atoms with Crippen molar-refractivity contribution in [3.05, 3.63) is 20.8 Å². The number of anilines is 1. The molecule has 114 valence electrons. The molecule has 0 radical (unpaired) electrons. The number of carboxylic acid groups (broad SMARTS) is 1. The zero-order valence-corrected chi connectivity index (χ0v) is 12.5. The zero-order valence-electron chi connectivity index (χ0n) is 11.7. The van der Waals surface area contributed by atoms with Crippen LogP contribution in [0, 0.1) is 5.92 Å². The van der Waals surface area contributed by atoms with Crippen LogP contribution in [0.5, 0.6) is 0 Å². The summed E-state index contributed by atoms with van der Waals surface area (Å²) in [4.78, 5) is 39.5. The number of nitrogen functional groups attached to an aromatic ring is 1. The van der Waals surface area contributed by atoms with Crippen LogP contribution in [-0.2, 0) is 18.4 Å². The molecule has 2 heterocycles. The van der Waals surface area contributed by atoms with Crippen molar-refractivity contribution in [3.63, 3.8) is 0 Å². The number of rotatable bonds is 5. The minimum atomic E-state index is -0.925. The van der Waals surface area contributed by atoms with E-state index in [-0.39, 0.29) is 23.7 Å². The van der Waals surface area contributed by atoms with E-state index in [4.69, 9.17) is 10.8 Å². The largest absolute Gasteiger partial charge is 0.481 e. The highest BCUT2D eigenvalue weighted by atomic mass is 32.1. The minimum Gasteiger partial charge on any atom is -0.481 e. The summed E-state index contributed by atoms with van der Waals surface area (Å²) in [7, 11) is 1.51. The molecule has 3 N–H and O–H groups in total. The van der Waals surface area contributed by atoms with E-state index in [2.05, 4.69) is 4.98 Å². The summed E-state index contributed by atoms with van der Waals surface area (Å²) in [6, 6.07) is 0. The lowest BCUT2D eigenvalue weighted by Crippen LogP contribution is -2.39. The molecule has 1 unspecified atom stereocenters. The molecule has 1 atom stereocenters. The fourth-order valence-electron chi connectivity index (χ4n) is 2.16. The van der Waals surface area contributed by atoms with Crippen LogP contribution >= 0.6 is 11.3 Å². The van der Waals surface area contributed by atoms with Gasteiger partial charge in [-0.3, -0.25) is 18.7 Å². The Morgan fingerprint density at radius 2 is 2.14 bits per heavy atom. The first kappa shape index (κ1) is 15.2. The Kier molecular flexibility index (Phi) is 4.12. The van der Waals surface area contributed by atoms with Gasteiger partial charge in [0.25, 0.3) is 5.56 Å². The topological polar surface area (TPSA) is 120 Å². The molecule has 0 aliphatic heterocycles. The molecule has 21 heavy (non-hydrogen) atoms. The van der Waals surface area contributed by atoms with Crippen molar-refractivity contribution in [3.8, 4) is 0 Å². The van der Waals surface area contributed by atoms with Crippen molar-refractivity contribution in [2.45, 2.75) is 26.3 Å². The lowest BCUT2D eigenvalue weighted by atomic mass is 10.0. The molecule has 0 aromatic carbocycles. The fourth-order valence-corrected chi connectivity index (χ4v) is 2.97. The van der Waals surface area contributed by atoms with E-state index in [1.54, 1.807) is 6.92 Å². The number of thiazole rings is 1. The maximum atomic E-state index is 12.3. The van der Waals surface area contributed by atoms with Crippen molar-refractivity contribution in [1.29, 1.82) is 0 Å². The van der Waals surface area contributed by atoms with Crippen molar-refractivity contribution >= 4 is 32.8 Å². The highest BCUT2D eigenvalue weighted by Crippen LogP contribution is 2.18. The van der Waals surface area contributed by atoms with Crippen LogP contribution in [0.25, 0.3) is 10.3 Å². The van der Waals surface area contributed by atoms with Gasteiger partial charge >= 0.3 is 11.7 Å². The van der Waals surface area contributed by atoms with E-state index < -0.39 is 23.1 Å². The molecule has 0 fully saturated rings. The summed E-state index contributed by atoms with van der Waals surface area (Å²) in [6.45, 7) is 1.82. The first-order valence-electron chi connectivity index (χ1n) is 6.45. The summed E-state index contributed by atoms with van der Waals surface area (Å²) >= 11 is 1.02. The predicted molar refractivity (Wildman–Crippen MR) is 79.6 cm³/mol. The van der Waals surface area contributed by atoms with Crippen molar-refractivity contribution in [2.75, 3.05) is 5.73 Å². The van der Waals surface area contributed by atoms with E-state index in [9.17, 15) is 14.4 Å². The number of nitrogens with zero attached hydrogens (tertiary/aromatic N) is 3. The maximum absolute atomic E-state index is 12.3. The molecule has 2 aromatic heterocycles. The van der Waals surface area contributed by atoms with E-state index >= 15 is 0 Å². The molecule has 0 saturated heterocycles. The van der Waals surface area contributed by atoms with Crippen LogP contribution < -0.4 is 17.0 Å². The molecular weight excluding hydrogens is 296 g/mol. The van der Waals surface area contributed by atoms with Crippen LogP contribution in [0.2, 0.25) is 0 Å². The Hall–Kier alpha value is -2.16. The highest BCUT2D eigenvalue weighted by molar-refractivity contribution is 7.21. The lowest BCUT2D eigenvalue weighted by molar-refractivity contribution is -0.142. The molecule has 8 nitrogen and oxygen atoms in total. The third-order valence-corrected chi connectivity index (χ3v) is 4.31. The van der Waals surface area contributed by atoms with Gasteiger partial charge in [0.1, 0.15) is 4.70 Å². The van der Waals surface area contributed by atoms with Crippen molar-refractivity contribution in [1.82, 2.24) is 14.1 Å². The quantitative estimate of drug-likeness (QED) is 0.816. The number of aryl methyl sites for hydroxylation is 1. The van der Waals surface area contributed by atoms with Crippen LogP contribution in [0.3, 0.4) is 0 Å². The van der Waals surface area contributed by atoms with Gasteiger partial charge in [-0.25, -0.2) is 9.78 Å². The van der Waals surface area contributed by atoms with Crippen molar-refractivity contribution < 1.29 is 9.90 Å². The second kappa shape index (κ2) is 5.68. The van der Waals surface area contributed by atoms with Gasteiger partial charge < -0.3 is 10.8 Å². The number of carboxylic acids is 1. The smallest absolute Gasteiger partial charge is 0.332 e. The summed E-state index contributed by atoms with van der Waals surface area (Å²) in [5, 5.41) is 9.24. The third-order valence-electron chi connectivity index (χ3n) is 3.44. The average molecular weight is 312 g/mol. The maximum Gasteiger partial charge on any atom is 0.332 e. The number of aromatic nitrogens is 3. The van der Waals surface area contributed by atoms with E-state index in [0.29, 0.717) is 11.1 Å². The van der Waals surface area contributed by atoms with Crippen LogP contribution in [0.15, 0.2) is 9.59 Å². The predicted octanol–water partition coefficient (Wildman–Crippen LogP) is 0.240. The van der Waals surface area contributed by atoms with Gasteiger partial charge in [0.2, 0.25) is 0 Å². The molecule has 2 aromatic rings. The molecule has 9 heteroatoms. The number of fused-ring (bicyclic) bond motifs is 1. The van der Waals surface area contributed by atoms with Gasteiger partial charge in [-0.15, -0.1) is 0 Å². The molecule has 2 rings (SSSR count). The molecule has 0 spiro atoms. The monoisotopic (exact) mass is 312 g/mol. The lowest BCUT2D eigenvalue weighted by Gasteiger charge is -2.11. The first-order valence-corrected chi connectivity index (χ1v) is 7.27. The second-order valence-electron chi connectivity index (χ2n) is 4.74. The van der Waals surface area contributed by atoms with Crippen LogP contribution in [0.4, 0.5) is 5.13 Å². The molecule has 0 bridgehead atoms. The Balaban J connectivity index is 2.47. The summed E-state index contributed by atoms with van der Waals surface area (Å²) < 4.78 is 2.61. The molecule has 0 amide bonds. The molecule has 0 aliphatic carbocycles. The SMILES string of the molecule is CCC(CCn1c(=O)c2sc(N)nc2n(C)c1=O)C(=O)O. The van der Waals surface area contributed by atoms with Crippen LogP contribution in [0.1, 0.15) is 19.8 Å². The number of hydrogen-bond acceptors (Lipinski definition) is 6. The third kappa shape index (κ3) is 2.68. The number of aliphatic carboxylic acids is 1. The Morgan fingerprint density at radius 1 is 1.48 bits per heavy atom. The second-order valence-corrected chi connectivity index (χ2v) is 5.77. The van der Waals surface area contributed by atoms with Crippen molar-refractivity contribution in [2.24, 2.45) is 13.0 Å². The van der Waals surface area contributed by atoms with E-state index in [1.165, 1.54) is 11.6 Å².